The minimum Gasteiger partial charge on any atom is -0.393 e. The van der Waals surface area contributed by atoms with Gasteiger partial charge in [0.15, 0.2) is 0 Å². The summed E-state index contributed by atoms with van der Waals surface area (Å²) in [4.78, 5) is 21.8. The molecule has 0 unspecified atom stereocenters. The lowest BCUT2D eigenvalue weighted by molar-refractivity contribution is -0.154. The Balaban J connectivity index is 2.03. The van der Waals surface area contributed by atoms with Crippen molar-refractivity contribution in [3.8, 4) is 0 Å². The molecule has 0 saturated carbocycles. The molecule has 2 saturated heterocycles. The topological polar surface area (TPSA) is 52.6 Å². The zero-order valence-corrected chi connectivity index (χ0v) is 6.62. The molecule has 0 aromatic rings. The Kier molecular flexibility index (Phi) is 1.84. The summed E-state index contributed by atoms with van der Waals surface area (Å²) in [5.41, 5.74) is 0. The van der Waals surface area contributed by atoms with Crippen molar-refractivity contribution in [2.24, 2.45) is 5.92 Å². The molecule has 0 aromatic carbocycles. The number of rotatable bonds is 1. The van der Waals surface area contributed by atoms with Crippen LogP contribution in [0.2, 0.25) is 0 Å². The van der Waals surface area contributed by atoms with Crippen molar-refractivity contribution in [3.63, 3.8) is 0 Å². The SMILES string of the molecule is O=C1C[C@@H]([C@H]2CCCO2)C(=O)O1. The van der Waals surface area contributed by atoms with E-state index in [1.807, 2.05) is 0 Å². The summed E-state index contributed by atoms with van der Waals surface area (Å²) in [7, 11) is 0. The van der Waals surface area contributed by atoms with Crippen LogP contribution in [-0.4, -0.2) is 24.6 Å². The van der Waals surface area contributed by atoms with Crippen LogP contribution in [0.5, 0.6) is 0 Å². The van der Waals surface area contributed by atoms with Gasteiger partial charge in [0.2, 0.25) is 0 Å². The second kappa shape index (κ2) is 2.86. The first-order valence-electron chi connectivity index (χ1n) is 4.13. The van der Waals surface area contributed by atoms with E-state index in [1.54, 1.807) is 0 Å². The van der Waals surface area contributed by atoms with Gasteiger partial charge in [0.1, 0.15) is 0 Å². The van der Waals surface area contributed by atoms with E-state index in [0.717, 1.165) is 12.8 Å². The molecule has 2 fully saturated rings. The third kappa shape index (κ3) is 1.22. The van der Waals surface area contributed by atoms with Gasteiger partial charge in [-0.25, -0.2) is 0 Å². The Labute approximate surface area is 69.8 Å². The van der Waals surface area contributed by atoms with Crippen LogP contribution in [0.3, 0.4) is 0 Å². The molecular formula is C8H10O4. The summed E-state index contributed by atoms with van der Waals surface area (Å²) in [5, 5.41) is 0. The number of esters is 2. The molecule has 4 heteroatoms. The first-order valence-corrected chi connectivity index (χ1v) is 4.13. The fourth-order valence-electron chi connectivity index (χ4n) is 1.70. The van der Waals surface area contributed by atoms with Crippen molar-refractivity contribution in [1.82, 2.24) is 0 Å². The molecule has 2 aliphatic rings. The lowest BCUT2D eigenvalue weighted by Crippen LogP contribution is -2.23. The molecule has 0 radical (unpaired) electrons. The summed E-state index contributed by atoms with van der Waals surface area (Å²) < 4.78 is 9.73. The van der Waals surface area contributed by atoms with E-state index >= 15 is 0 Å². The molecule has 0 bridgehead atoms. The summed E-state index contributed by atoms with van der Waals surface area (Å²) in [6, 6.07) is 0. The fourth-order valence-corrected chi connectivity index (χ4v) is 1.70. The second-order valence-electron chi connectivity index (χ2n) is 3.16. The van der Waals surface area contributed by atoms with Crippen molar-refractivity contribution in [2.45, 2.75) is 25.4 Å². The third-order valence-corrected chi connectivity index (χ3v) is 2.32. The van der Waals surface area contributed by atoms with Gasteiger partial charge < -0.3 is 9.47 Å². The quantitative estimate of drug-likeness (QED) is 0.418. The van der Waals surface area contributed by atoms with Crippen LogP contribution >= 0.6 is 0 Å². The van der Waals surface area contributed by atoms with Crippen LogP contribution in [0.25, 0.3) is 0 Å². The van der Waals surface area contributed by atoms with Gasteiger partial charge >= 0.3 is 11.9 Å². The molecule has 2 rings (SSSR count). The molecule has 12 heavy (non-hydrogen) atoms. The first-order chi connectivity index (χ1) is 5.77. The molecule has 0 spiro atoms. The van der Waals surface area contributed by atoms with E-state index in [4.69, 9.17) is 4.74 Å². The molecule has 0 N–H and O–H groups in total. The Bertz CT molecular complexity index is 217. The minimum absolute atomic E-state index is 0.0797. The molecule has 2 heterocycles. The van der Waals surface area contributed by atoms with Gasteiger partial charge in [0.05, 0.1) is 18.4 Å². The zero-order chi connectivity index (χ0) is 8.55. The number of hydrogen-bond acceptors (Lipinski definition) is 4. The van der Waals surface area contributed by atoms with Gasteiger partial charge in [-0.15, -0.1) is 0 Å². The average molecular weight is 170 g/mol. The highest BCUT2D eigenvalue weighted by molar-refractivity contribution is 5.94. The van der Waals surface area contributed by atoms with Crippen LogP contribution in [0, 0.1) is 5.92 Å². The second-order valence-corrected chi connectivity index (χ2v) is 3.16. The van der Waals surface area contributed by atoms with Crippen molar-refractivity contribution < 1.29 is 19.1 Å². The highest BCUT2D eigenvalue weighted by atomic mass is 16.6. The largest absolute Gasteiger partial charge is 0.393 e. The molecule has 0 aromatic heterocycles. The Morgan fingerprint density at radius 1 is 1.33 bits per heavy atom. The van der Waals surface area contributed by atoms with Gasteiger partial charge in [0.25, 0.3) is 0 Å². The lowest BCUT2D eigenvalue weighted by atomic mass is 9.99. The fraction of sp³-hybridized carbons (Fsp3) is 0.750. The van der Waals surface area contributed by atoms with Crippen LogP contribution in [0.4, 0.5) is 0 Å². The lowest BCUT2D eigenvalue weighted by Gasteiger charge is -2.11. The van der Waals surface area contributed by atoms with Gasteiger partial charge in [-0.05, 0) is 12.8 Å². The Morgan fingerprint density at radius 2 is 2.17 bits per heavy atom. The van der Waals surface area contributed by atoms with Crippen molar-refractivity contribution in [3.05, 3.63) is 0 Å². The highest BCUT2D eigenvalue weighted by Gasteiger charge is 2.40. The standard InChI is InChI=1S/C8H10O4/c9-7-4-5(8(10)12-7)6-2-1-3-11-6/h5-6H,1-4H2/t5-,6+/m0/s1. The summed E-state index contributed by atoms with van der Waals surface area (Å²) in [6.07, 6.45) is 1.96. The number of ether oxygens (including phenoxy) is 2. The molecule has 2 atom stereocenters. The average Bonchev–Trinajstić information content (AvgIpc) is 2.58. The first kappa shape index (κ1) is 7.73. The third-order valence-electron chi connectivity index (χ3n) is 2.32. The monoisotopic (exact) mass is 170 g/mol. The Morgan fingerprint density at radius 3 is 2.67 bits per heavy atom. The summed E-state index contributed by atoms with van der Waals surface area (Å²) in [5.74, 6) is -1.16. The van der Waals surface area contributed by atoms with E-state index in [9.17, 15) is 9.59 Å². The zero-order valence-electron chi connectivity index (χ0n) is 6.62. The maximum absolute atomic E-state index is 11.0. The molecule has 2 aliphatic heterocycles. The highest BCUT2D eigenvalue weighted by Crippen LogP contribution is 2.28. The number of hydrogen-bond donors (Lipinski definition) is 0. The number of carbonyl (C=O) groups excluding carboxylic acids is 2. The molecule has 0 amide bonds. The molecule has 0 aliphatic carbocycles. The number of carbonyl (C=O) groups is 2. The van der Waals surface area contributed by atoms with Crippen molar-refractivity contribution >= 4 is 11.9 Å². The normalized spacial score (nSPS) is 35.7. The van der Waals surface area contributed by atoms with Crippen LogP contribution in [0.15, 0.2) is 0 Å². The van der Waals surface area contributed by atoms with Gasteiger partial charge in [0, 0.05) is 6.61 Å². The van der Waals surface area contributed by atoms with Gasteiger partial charge in [-0.1, -0.05) is 0 Å². The predicted octanol–water partition coefficient (Wildman–Crippen LogP) is 0.255. The van der Waals surface area contributed by atoms with E-state index in [2.05, 4.69) is 4.74 Å². The molecule has 4 nitrogen and oxygen atoms in total. The van der Waals surface area contributed by atoms with E-state index in [-0.39, 0.29) is 18.4 Å². The van der Waals surface area contributed by atoms with Gasteiger partial charge in [-0.2, -0.15) is 0 Å². The van der Waals surface area contributed by atoms with Crippen molar-refractivity contribution in [1.29, 1.82) is 0 Å². The Hall–Kier alpha value is -0.900. The number of cyclic esters (lactones) is 2. The smallest absolute Gasteiger partial charge is 0.319 e. The van der Waals surface area contributed by atoms with E-state index < -0.39 is 11.9 Å². The van der Waals surface area contributed by atoms with Crippen molar-refractivity contribution in [2.75, 3.05) is 6.61 Å². The molecular weight excluding hydrogens is 160 g/mol. The minimum atomic E-state index is -0.416. The van der Waals surface area contributed by atoms with Crippen LogP contribution in [0.1, 0.15) is 19.3 Å². The van der Waals surface area contributed by atoms with Gasteiger partial charge in [-0.3, -0.25) is 9.59 Å². The predicted molar refractivity (Wildman–Crippen MR) is 38.2 cm³/mol. The summed E-state index contributed by atoms with van der Waals surface area (Å²) >= 11 is 0. The van der Waals surface area contributed by atoms with E-state index in [1.165, 1.54) is 0 Å². The maximum Gasteiger partial charge on any atom is 0.319 e. The van der Waals surface area contributed by atoms with Crippen LogP contribution in [-0.2, 0) is 19.1 Å². The van der Waals surface area contributed by atoms with Crippen LogP contribution < -0.4 is 0 Å². The molecule has 66 valence electrons. The summed E-state index contributed by atoms with van der Waals surface area (Å²) in [6.45, 7) is 0.697. The van der Waals surface area contributed by atoms with E-state index in [0.29, 0.717) is 6.61 Å². The maximum atomic E-state index is 11.0.